The summed E-state index contributed by atoms with van der Waals surface area (Å²) in [5, 5.41) is 8.56. The fraction of sp³-hybridized carbons (Fsp3) is 0.400. The molecule has 2 rings (SSSR count). The molecule has 13 heavy (non-hydrogen) atoms. The molecule has 1 fully saturated rings. The zero-order valence-electron chi connectivity index (χ0n) is 7.57. The summed E-state index contributed by atoms with van der Waals surface area (Å²) in [6.07, 6.45) is 1.82. The topological polar surface area (TPSA) is 39.9 Å². The molecule has 0 aliphatic carbocycles. The summed E-state index contributed by atoms with van der Waals surface area (Å²) in [6.45, 7) is 2.21. The monoisotopic (exact) mass is 173 g/mol. The third-order valence-corrected chi connectivity index (χ3v) is 2.44. The summed E-state index contributed by atoms with van der Waals surface area (Å²) in [7, 11) is 2.10. The maximum atomic E-state index is 8.56. The van der Waals surface area contributed by atoms with Crippen molar-refractivity contribution in [3.05, 3.63) is 29.6 Å². The Morgan fingerprint density at radius 3 is 2.77 bits per heavy atom. The van der Waals surface area contributed by atoms with Crippen molar-refractivity contribution in [2.75, 3.05) is 20.1 Å². The molecule has 0 radical (unpaired) electrons. The Bertz CT molecular complexity index is 330. The Morgan fingerprint density at radius 2 is 2.31 bits per heavy atom. The first-order valence-electron chi connectivity index (χ1n) is 4.34. The molecule has 0 N–H and O–H groups in total. The minimum absolute atomic E-state index is 0.497. The predicted octanol–water partition coefficient (Wildman–Crippen LogP) is 0.982. The number of likely N-dealkylation sites (N-methyl/N-ethyl adjacent to an activating group) is 1. The second kappa shape index (κ2) is 3.15. The molecule has 3 nitrogen and oxygen atoms in total. The highest BCUT2D eigenvalue weighted by Crippen LogP contribution is 2.24. The van der Waals surface area contributed by atoms with Gasteiger partial charge in [-0.05, 0) is 18.7 Å². The highest BCUT2D eigenvalue weighted by Gasteiger charge is 2.24. The summed E-state index contributed by atoms with van der Waals surface area (Å²) >= 11 is 0. The van der Waals surface area contributed by atoms with E-state index < -0.39 is 0 Å². The van der Waals surface area contributed by atoms with Gasteiger partial charge in [-0.2, -0.15) is 5.26 Å². The molecule has 0 saturated carbocycles. The average Bonchev–Trinajstić information content (AvgIpc) is 2.13. The number of rotatable bonds is 1. The van der Waals surface area contributed by atoms with E-state index in [-0.39, 0.29) is 0 Å². The van der Waals surface area contributed by atoms with E-state index in [0.29, 0.717) is 11.6 Å². The van der Waals surface area contributed by atoms with Gasteiger partial charge in [0.2, 0.25) is 0 Å². The smallest absolute Gasteiger partial charge is 0.140 e. The number of aromatic nitrogens is 1. The van der Waals surface area contributed by atoms with E-state index in [0.717, 1.165) is 13.1 Å². The van der Waals surface area contributed by atoms with Crippen LogP contribution in [0.4, 0.5) is 0 Å². The highest BCUT2D eigenvalue weighted by atomic mass is 15.2. The first-order valence-corrected chi connectivity index (χ1v) is 4.34. The minimum atomic E-state index is 0.497. The fourth-order valence-electron chi connectivity index (χ4n) is 1.62. The van der Waals surface area contributed by atoms with Crippen LogP contribution in [0.5, 0.6) is 0 Å². The molecule has 0 unspecified atom stereocenters. The van der Waals surface area contributed by atoms with Crippen LogP contribution in [-0.2, 0) is 0 Å². The molecule has 0 amide bonds. The van der Waals surface area contributed by atoms with Crippen molar-refractivity contribution >= 4 is 0 Å². The van der Waals surface area contributed by atoms with E-state index in [2.05, 4.69) is 16.9 Å². The predicted molar refractivity (Wildman–Crippen MR) is 49.2 cm³/mol. The van der Waals surface area contributed by atoms with Crippen LogP contribution in [0.15, 0.2) is 18.3 Å². The summed E-state index contributed by atoms with van der Waals surface area (Å²) in [4.78, 5) is 6.31. The number of hydrogen-bond acceptors (Lipinski definition) is 3. The van der Waals surface area contributed by atoms with Crippen molar-refractivity contribution in [1.82, 2.24) is 9.88 Å². The molecule has 1 saturated heterocycles. The van der Waals surface area contributed by atoms with E-state index >= 15 is 0 Å². The van der Waals surface area contributed by atoms with Crippen LogP contribution < -0.4 is 0 Å². The Kier molecular flexibility index (Phi) is 1.99. The van der Waals surface area contributed by atoms with Crippen LogP contribution in [0.3, 0.4) is 0 Å². The molecule has 1 aliphatic heterocycles. The van der Waals surface area contributed by atoms with Crippen molar-refractivity contribution in [2.45, 2.75) is 5.92 Å². The van der Waals surface area contributed by atoms with Gasteiger partial charge >= 0.3 is 0 Å². The summed E-state index contributed by atoms with van der Waals surface area (Å²) in [6, 6.07) is 5.80. The SMILES string of the molecule is CN1CC(c2ccc(C#N)nc2)C1. The lowest BCUT2D eigenvalue weighted by Gasteiger charge is -2.36. The number of likely N-dealkylation sites (tertiary alicyclic amines) is 1. The van der Waals surface area contributed by atoms with Gasteiger partial charge in [-0.3, -0.25) is 0 Å². The lowest BCUT2D eigenvalue weighted by Crippen LogP contribution is -2.41. The van der Waals surface area contributed by atoms with Crippen LogP contribution in [0, 0.1) is 11.3 Å². The van der Waals surface area contributed by atoms with E-state index in [9.17, 15) is 0 Å². The zero-order chi connectivity index (χ0) is 9.26. The first-order chi connectivity index (χ1) is 6.29. The summed E-state index contributed by atoms with van der Waals surface area (Å²) in [5.41, 5.74) is 1.74. The van der Waals surface area contributed by atoms with Gasteiger partial charge in [0.15, 0.2) is 0 Å². The van der Waals surface area contributed by atoms with Crippen molar-refractivity contribution in [2.24, 2.45) is 0 Å². The Labute approximate surface area is 77.6 Å². The molecular formula is C10H11N3. The Hall–Kier alpha value is -1.40. The van der Waals surface area contributed by atoms with E-state index in [4.69, 9.17) is 5.26 Å². The molecule has 1 aromatic heterocycles. The number of nitrogens with zero attached hydrogens (tertiary/aromatic N) is 3. The van der Waals surface area contributed by atoms with Crippen molar-refractivity contribution in [3.63, 3.8) is 0 Å². The second-order valence-corrected chi connectivity index (χ2v) is 3.51. The van der Waals surface area contributed by atoms with Crippen molar-refractivity contribution in [1.29, 1.82) is 5.26 Å². The number of pyridine rings is 1. The minimum Gasteiger partial charge on any atom is -0.305 e. The van der Waals surface area contributed by atoms with E-state index in [1.165, 1.54) is 5.56 Å². The van der Waals surface area contributed by atoms with Crippen LogP contribution >= 0.6 is 0 Å². The maximum absolute atomic E-state index is 8.56. The van der Waals surface area contributed by atoms with Crippen molar-refractivity contribution < 1.29 is 0 Å². The standard InChI is InChI=1S/C10H11N3/c1-13-6-9(7-13)8-2-3-10(4-11)12-5-8/h2-3,5,9H,6-7H2,1H3. The third-order valence-electron chi connectivity index (χ3n) is 2.44. The zero-order valence-corrected chi connectivity index (χ0v) is 7.57. The van der Waals surface area contributed by atoms with Crippen LogP contribution in [0.2, 0.25) is 0 Å². The quantitative estimate of drug-likeness (QED) is 0.635. The van der Waals surface area contributed by atoms with E-state index in [1.54, 1.807) is 6.07 Å². The molecule has 3 heteroatoms. The van der Waals surface area contributed by atoms with Gasteiger partial charge in [-0.1, -0.05) is 6.07 Å². The lowest BCUT2D eigenvalue weighted by molar-refractivity contribution is 0.189. The molecule has 66 valence electrons. The molecule has 0 aromatic carbocycles. The number of hydrogen-bond donors (Lipinski definition) is 0. The van der Waals surface area contributed by atoms with Gasteiger partial charge in [0, 0.05) is 25.2 Å². The lowest BCUT2D eigenvalue weighted by atomic mass is 9.93. The number of nitriles is 1. The Morgan fingerprint density at radius 1 is 1.54 bits per heavy atom. The second-order valence-electron chi connectivity index (χ2n) is 3.51. The van der Waals surface area contributed by atoms with Crippen LogP contribution in [0.1, 0.15) is 17.2 Å². The largest absolute Gasteiger partial charge is 0.305 e. The molecule has 0 spiro atoms. The van der Waals surface area contributed by atoms with Gasteiger partial charge in [-0.15, -0.1) is 0 Å². The van der Waals surface area contributed by atoms with Gasteiger partial charge in [0.05, 0.1) is 0 Å². The van der Waals surface area contributed by atoms with Gasteiger partial charge in [0.25, 0.3) is 0 Å². The normalized spacial score (nSPS) is 17.8. The average molecular weight is 173 g/mol. The van der Waals surface area contributed by atoms with Gasteiger partial charge in [0.1, 0.15) is 11.8 Å². The molecule has 0 bridgehead atoms. The molecule has 2 heterocycles. The Balaban J connectivity index is 2.11. The highest BCUT2D eigenvalue weighted by molar-refractivity contribution is 5.26. The molecule has 1 aliphatic rings. The fourth-order valence-corrected chi connectivity index (χ4v) is 1.62. The van der Waals surface area contributed by atoms with Crippen molar-refractivity contribution in [3.8, 4) is 6.07 Å². The molecule has 1 aromatic rings. The van der Waals surface area contributed by atoms with Gasteiger partial charge in [-0.25, -0.2) is 4.98 Å². The molecular weight excluding hydrogens is 162 g/mol. The first kappa shape index (κ1) is 8.21. The van der Waals surface area contributed by atoms with E-state index in [1.807, 2.05) is 18.3 Å². The van der Waals surface area contributed by atoms with Crippen LogP contribution in [0.25, 0.3) is 0 Å². The third kappa shape index (κ3) is 1.53. The van der Waals surface area contributed by atoms with Crippen LogP contribution in [-0.4, -0.2) is 30.0 Å². The molecule has 0 atom stereocenters. The maximum Gasteiger partial charge on any atom is 0.140 e. The summed E-state index contributed by atoms with van der Waals surface area (Å²) < 4.78 is 0. The van der Waals surface area contributed by atoms with Gasteiger partial charge < -0.3 is 4.90 Å². The summed E-state index contributed by atoms with van der Waals surface area (Å²) in [5.74, 6) is 0.616.